The first-order chi connectivity index (χ1) is 8.09. The van der Waals surface area contributed by atoms with Crippen LogP contribution < -0.4 is 5.56 Å². The van der Waals surface area contributed by atoms with Crippen LogP contribution in [-0.4, -0.2) is 39.5 Å². The van der Waals surface area contributed by atoms with Gasteiger partial charge in [-0.15, -0.1) is 0 Å². The van der Waals surface area contributed by atoms with Gasteiger partial charge in [0.05, 0.1) is 0 Å². The van der Waals surface area contributed by atoms with Crippen LogP contribution in [0.3, 0.4) is 0 Å². The Hall–Kier alpha value is -2.11. The molecule has 0 bridgehead atoms. The van der Waals surface area contributed by atoms with Crippen LogP contribution in [0.2, 0.25) is 0 Å². The molecular weight excluding hydrogens is 224 g/mol. The number of nitrogens with zero attached hydrogens (tertiary/aromatic N) is 1. The van der Waals surface area contributed by atoms with Crippen LogP contribution in [0, 0.1) is 0 Å². The number of rotatable bonds is 2. The molecule has 1 aliphatic rings. The number of carboxylic acid groups (broad SMARTS) is 1. The van der Waals surface area contributed by atoms with Gasteiger partial charge in [0.2, 0.25) is 5.56 Å². The molecule has 2 N–H and O–H groups in total. The minimum Gasteiger partial charge on any atom is -0.480 e. The van der Waals surface area contributed by atoms with E-state index in [9.17, 15) is 14.4 Å². The molecule has 2 rings (SSSR count). The fourth-order valence-electron chi connectivity index (χ4n) is 2.01. The summed E-state index contributed by atoms with van der Waals surface area (Å²) in [5.74, 6) is -1.40. The standard InChI is InChI=1S/C11H12N2O4/c14-9-6-7(3-4-12-9)10(15)13-5-1-2-8(13)11(16)17/h3-4,6,8H,1-2,5H2,(H,12,14)(H,16,17). The summed E-state index contributed by atoms with van der Waals surface area (Å²) in [6.45, 7) is 0.419. The van der Waals surface area contributed by atoms with Crippen molar-refractivity contribution in [2.75, 3.05) is 6.54 Å². The summed E-state index contributed by atoms with van der Waals surface area (Å²) in [4.78, 5) is 37.8. The number of amides is 1. The molecule has 0 spiro atoms. The van der Waals surface area contributed by atoms with Gasteiger partial charge in [0.15, 0.2) is 0 Å². The second-order valence-electron chi connectivity index (χ2n) is 3.94. The van der Waals surface area contributed by atoms with Gasteiger partial charge in [0.25, 0.3) is 5.91 Å². The van der Waals surface area contributed by atoms with E-state index in [-0.39, 0.29) is 11.1 Å². The van der Waals surface area contributed by atoms with E-state index in [1.54, 1.807) is 0 Å². The van der Waals surface area contributed by atoms with Crippen LogP contribution in [0.1, 0.15) is 23.2 Å². The monoisotopic (exact) mass is 236 g/mol. The molecular formula is C11H12N2O4. The number of aromatic amines is 1. The lowest BCUT2D eigenvalue weighted by molar-refractivity contribution is -0.141. The number of carbonyl (C=O) groups excluding carboxylic acids is 1. The Labute approximate surface area is 96.9 Å². The van der Waals surface area contributed by atoms with E-state index in [4.69, 9.17) is 5.11 Å². The van der Waals surface area contributed by atoms with E-state index in [1.165, 1.54) is 23.2 Å². The number of hydrogen-bond donors (Lipinski definition) is 2. The topological polar surface area (TPSA) is 90.5 Å². The second-order valence-corrected chi connectivity index (χ2v) is 3.94. The number of likely N-dealkylation sites (tertiary alicyclic amines) is 1. The Kier molecular flexibility index (Phi) is 2.95. The highest BCUT2D eigenvalue weighted by molar-refractivity contribution is 5.96. The van der Waals surface area contributed by atoms with E-state index >= 15 is 0 Å². The van der Waals surface area contributed by atoms with Crippen molar-refractivity contribution in [3.05, 3.63) is 34.2 Å². The lowest BCUT2D eigenvalue weighted by Crippen LogP contribution is -2.40. The average molecular weight is 236 g/mol. The normalized spacial score (nSPS) is 19.3. The second kappa shape index (κ2) is 4.40. The molecule has 1 aromatic heterocycles. The van der Waals surface area contributed by atoms with Gasteiger partial charge >= 0.3 is 5.97 Å². The van der Waals surface area contributed by atoms with E-state index in [1.807, 2.05) is 0 Å². The van der Waals surface area contributed by atoms with Gasteiger partial charge in [-0.3, -0.25) is 9.59 Å². The molecule has 1 unspecified atom stereocenters. The third kappa shape index (κ3) is 2.20. The van der Waals surface area contributed by atoms with Crippen molar-refractivity contribution in [2.45, 2.75) is 18.9 Å². The molecule has 90 valence electrons. The number of carbonyl (C=O) groups is 2. The molecule has 1 atom stereocenters. The minimum absolute atomic E-state index is 0.224. The highest BCUT2D eigenvalue weighted by Crippen LogP contribution is 2.19. The lowest BCUT2D eigenvalue weighted by Gasteiger charge is -2.21. The number of pyridine rings is 1. The predicted molar refractivity (Wildman–Crippen MR) is 58.8 cm³/mol. The summed E-state index contributed by atoms with van der Waals surface area (Å²) in [6.07, 6.45) is 2.51. The molecule has 1 aliphatic heterocycles. The Morgan fingerprint density at radius 2 is 2.24 bits per heavy atom. The third-order valence-corrected chi connectivity index (χ3v) is 2.82. The van der Waals surface area contributed by atoms with Gasteiger partial charge in [-0.1, -0.05) is 0 Å². The van der Waals surface area contributed by atoms with Crippen LogP contribution >= 0.6 is 0 Å². The van der Waals surface area contributed by atoms with Crippen molar-refractivity contribution in [1.82, 2.24) is 9.88 Å². The van der Waals surface area contributed by atoms with Crippen LogP contribution in [0.5, 0.6) is 0 Å². The van der Waals surface area contributed by atoms with E-state index in [0.29, 0.717) is 19.4 Å². The van der Waals surface area contributed by atoms with Crippen molar-refractivity contribution in [3.8, 4) is 0 Å². The van der Waals surface area contributed by atoms with Gasteiger partial charge in [0.1, 0.15) is 6.04 Å². The zero-order valence-electron chi connectivity index (χ0n) is 9.05. The fraction of sp³-hybridized carbons (Fsp3) is 0.364. The predicted octanol–water partition coefficient (Wildman–Crippen LogP) is 0.0641. The first kappa shape index (κ1) is 11.4. The van der Waals surface area contributed by atoms with Gasteiger partial charge < -0.3 is 15.0 Å². The van der Waals surface area contributed by atoms with Crippen LogP contribution in [0.4, 0.5) is 0 Å². The Bertz CT molecular complexity index is 508. The minimum atomic E-state index is -0.999. The molecule has 1 fully saturated rings. The maximum Gasteiger partial charge on any atom is 0.326 e. The molecule has 2 heterocycles. The smallest absolute Gasteiger partial charge is 0.326 e. The molecule has 1 saturated heterocycles. The van der Waals surface area contributed by atoms with Crippen LogP contribution in [0.25, 0.3) is 0 Å². The van der Waals surface area contributed by atoms with Crippen molar-refractivity contribution in [3.63, 3.8) is 0 Å². The summed E-state index contributed by atoms with van der Waals surface area (Å²) in [7, 11) is 0. The summed E-state index contributed by atoms with van der Waals surface area (Å²) >= 11 is 0. The van der Waals surface area contributed by atoms with E-state index in [0.717, 1.165) is 0 Å². The summed E-state index contributed by atoms with van der Waals surface area (Å²) in [5.41, 5.74) is -0.149. The van der Waals surface area contributed by atoms with Gasteiger partial charge in [0, 0.05) is 24.4 Å². The molecule has 0 aromatic carbocycles. The number of nitrogens with one attached hydrogen (secondary N) is 1. The molecule has 6 heteroatoms. The Morgan fingerprint density at radius 3 is 2.88 bits per heavy atom. The van der Waals surface area contributed by atoms with Gasteiger partial charge in [-0.05, 0) is 18.9 Å². The highest BCUT2D eigenvalue weighted by Gasteiger charge is 2.34. The lowest BCUT2D eigenvalue weighted by atomic mass is 10.2. The molecule has 0 saturated carbocycles. The van der Waals surface area contributed by atoms with Crippen molar-refractivity contribution in [2.24, 2.45) is 0 Å². The molecule has 0 aliphatic carbocycles. The maximum atomic E-state index is 12.0. The summed E-state index contributed by atoms with van der Waals surface area (Å²) in [5, 5.41) is 8.97. The molecule has 0 radical (unpaired) electrons. The SMILES string of the molecule is O=C(O)C1CCCN1C(=O)c1cc[nH]c(=O)c1. The number of hydrogen-bond acceptors (Lipinski definition) is 3. The van der Waals surface area contributed by atoms with Gasteiger partial charge in [-0.2, -0.15) is 0 Å². The van der Waals surface area contributed by atoms with Crippen LogP contribution in [0.15, 0.2) is 23.1 Å². The van der Waals surface area contributed by atoms with Gasteiger partial charge in [-0.25, -0.2) is 4.79 Å². The third-order valence-electron chi connectivity index (χ3n) is 2.82. The number of aliphatic carboxylic acids is 1. The van der Waals surface area contributed by atoms with Crippen molar-refractivity contribution < 1.29 is 14.7 Å². The average Bonchev–Trinajstić information content (AvgIpc) is 2.77. The fourth-order valence-corrected chi connectivity index (χ4v) is 2.01. The Morgan fingerprint density at radius 1 is 1.47 bits per heavy atom. The quantitative estimate of drug-likeness (QED) is 0.759. The summed E-state index contributed by atoms with van der Waals surface area (Å²) in [6, 6.07) is 1.88. The molecule has 17 heavy (non-hydrogen) atoms. The van der Waals surface area contributed by atoms with Crippen molar-refractivity contribution >= 4 is 11.9 Å². The zero-order valence-corrected chi connectivity index (χ0v) is 9.05. The molecule has 1 aromatic rings. The largest absolute Gasteiger partial charge is 0.480 e. The molecule has 1 amide bonds. The number of carboxylic acids is 1. The first-order valence-electron chi connectivity index (χ1n) is 5.32. The maximum absolute atomic E-state index is 12.0. The van der Waals surface area contributed by atoms with E-state index in [2.05, 4.69) is 4.98 Å². The number of aromatic nitrogens is 1. The summed E-state index contributed by atoms with van der Waals surface area (Å²) < 4.78 is 0. The van der Waals surface area contributed by atoms with Crippen LogP contribution in [-0.2, 0) is 4.79 Å². The Balaban J connectivity index is 2.26. The zero-order chi connectivity index (χ0) is 12.4. The highest BCUT2D eigenvalue weighted by atomic mass is 16.4. The molecule has 6 nitrogen and oxygen atoms in total. The first-order valence-corrected chi connectivity index (χ1v) is 5.32. The van der Waals surface area contributed by atoms with Crippen molar-refractivity contribution in [1.29, 1.82) is 0 Å². The van der Waals surface area contributed by atoms with E-state index < -0.39 is 17.9 Å². The number of H-pyrrole nitrogens is 1.